The van der Waals surface area contributed by atoms with Crippen LogP contribution in [0.1, 0.15) is 16.8 Å². The highest BCUT2D eigenvalue weighted by Gasteiger charge is 2.07. The van der Waals surface area contributed by atoms with E-state index >= 15 is 0 Å². The molecular weight excluding hydrogens is 236 g/mol. The number of carbonyl (C=O) groups is 1. The molecule has 3 nitrogen and oxygen atoms in total. The number of benzene rings is 1. The molecule has 4 heteroatoms. The van der Waals surface area contributed by atoms with Crippen molar-refractivity contribution in [3.05, 3.63) is 35.9 Å². The molecule has 0 bridgehead atoms. The molecule has 17 heavy (non-hydrogen) atoms. The van der Waals surface area contributed by atoms with Crippen LogP contribution >= 0.6 is 0 Å². The quantitative estimate of drug-likeness (QED) is 0.505. The number of hydrogen-bond donors (Lipinski definition) is 1. The molecule has 0 heterocycles. The van der Waals surface area contributed by atoms with Crippen LogP contribution in [0.3, 0.4) is 0 Å². The molecule has 0 saturated carbocycles. The van der Waals surface area contributed by atoms with Crippen LogP contribution in [-0.2, 0) is 0 Å². The zero-order valence-corrected chi connectivity index (χ0v) is 11.5. The van der Waals surface area contributed by atoms with Crippen LogP contribution in [0.4, 0.5) is 0 Å². The highest BCUT2D eigenvalue weighted by Crippen LogP contribution is 1.98. The van der Waals surface area contributed by atoms with Gasteiger partial charge in [-0.1, -0.05) is 18.2 Å². The largest absolute Gasteiger partial charge is 1.00 e. The van der Waals surface area contributed by atoms with Crippen molar-refractivity contribution < 1.29 is 21.7 Å². The van der Waals surface area contributed by atoms with E-state index in [0.717, 1.165) is 29.6 Å². The van der Waals surface area contributed by atoms with Crippen molar-refractivity contribution in [3.63, 3.8) is 0 Å². The van der Waals surface area contributed by atoms with Gasteiger partial charge in [0.2, 0.25) is 0 Å². The highest BCUT2D eigenvalue weighted by atomic mass is 35.5. The highest BCUT2D eigenvalue weighted by molar-refractivity contribution is 5.94. The Bertz CT molecular complexity index is 333. The molecule has 0 spiro atoms. The first-order valence-corrected chi connectivity index (χ1v) is 5.63. The zero-order chi connectivity index (χ0) is 12.0. The molecule has 0 aliphatic carbocycles. The summed E-state index contributed by atoms with van der Waals surface area (Å²) in [6.45, 7) is 1.80. The first-order chi connectivity index (χ1) is 7.49. The van der Waals surface area contributed by atoms with Crippen LogP contribution in [-0.4, -0.2) is 44.6 Å². The average molecular weight is 257 g/mol. The summed E-state index contributed by atoms with van der Waals surface area (Å²) < 4.78 is 0.932. The van der Waals surface area contributed by atoms with Crippen LogP contribution in [0.5, 0.6) is 0 Å². The maximum absolute atomic E-state index is 11.7. The standard InChI is InChI=1S/C13H20N2O.ClH/c1-15(2,3)11-7-10-14-13(16)12-8-5-4-6-9-12;/h4-6,8-9H,7,10-11H2,1-3H3;1H. The van der Waals surface area contributed by atoms with Crippen molar-refractivity contribution in [1.82, 2.24) is 5.32 Å². The molecule has 1 N–H and O–H groups in total. The van der Waals surface area contributed by atoms with E-state index in [9.17, 15) is 4.79 Å². The minimum Gasteiger partial charge on any atom is -1.00 e. The van der Waals surface area contributed by atoms with Gasteiger partial charge in [0, 0.05) is 18.5 Å². The fraction of sp³-hybridized carbons (Fsp3) is 0.462. The molecule has 0 atom stereocenters. The van der Waals surface area contributed by atoms with E-state index < -0.39 is 0 Å². The Morgan fingerprint density at radius 3 is 2.29 bits per heavy atom. The smallest absolute Gasteiger partial charge is 0.251 e. The Labute approximate surface area is 110 Å². The van der Waals surface area contributed by atoms with Crippen LogP contribution in [0.15, 0.2) is 30.3 Å². The van der Waals surface area contributed by atoms with Gasteiger partial charge in [0.25, 0.3) is 5.91 Å². The number of quaternary nitrogens is 1. The van der Waals surface area contributed by atoms with Crippen LogP contribution in [0.2, 0.25) is 0 Å². The number of halogens is 1. The van der Waals surface area contributed by atoms with Gasteiger partial charge in [-0.25, -0.2) is 0 Å². The lowest BCUT2D eigenvalue weighted by Gasteiger charge is -2.23. The molecule has 0 saturated heterocycles. The summed E-state index contributed by atoms with van der Waals surface area (Å²) in [5.41, 5.74) is 0.729. The Morgan fingerprint density at radius 2 is 1.76 bits per heavy atom. The Morgan fingerprint density at radius 1 is 1.18 bits per heavy atom. The number of hydrogen-bond acceptors (Lipinski definition) is 1. The molecule has 0 radical (unpaired) electrons. The van der Waals surface area contributed by atoms with Gasteiger partial charge in [-0.3, -0.25) is 4.79 Å². The van der Waals surface area contributed by atoms with Gasteiger partial charge in [-0.15, -0.1) is 0 Å². The number of nitrogens with one attached hydrogen (secondary N) is 1. The maximum atomic E-state index is 11.7. The fourth-order valence-corrected chi connectivity index (χ4v) is 1.45. The molecular formula is C13H21ClN2O. The number of amides is 1. The summed E-state index contributed by atoms with van der Waals surface area (Å²) >= 11 is 0. The van der Waals surface area contributed by atoms with Gasteiger partial charge in [0.15, 0.2) is 0 Å². The molecule has 1 amide bonds. The second kappa shape index (κ2) is 7.30. The van der Waals surface area contributed by atoms with Crippen molar-refractivity contribution in [3.8, 4) is 0 Å². The fourth-order valence-electron chi connectivity index (χ4n) is 1.45. The van der Waals surface area contributed by atoms with E-state index in [1.807, 2.05) is 30.3 Å². The summed E-state index contributed by atoms with van der Waals surface area (Å²) in [6, 6.07) is 9.32. The van der Waals surface area contributed by atoms with Crippen molar-refractivity contribution in [2.24, 2.45) is 0 Å². The van der Waals surface area contributed by atoms with E-state index in [1.54, 1.807) is 0 Å². The van der Waals surface area contributed by atoms with Gasteiger partial charge in [0.05, 0.1) is 27.7 Å². The average Bonchev–Trinajstić information content (AvgIpc) is 2.24. The maximum Gasteiger partial charge on any atom is 0.251 e. The summed E-state index contributed by atoms with van der Waals surface area (Å²) in [5, 5.41) is 2.92. The van der Waals surface area contributed by atoms with Gasteiger partial charge in [-0.2, -0.15) is 0 Å². The third kappa shape index (κ3) is 6.97. The molecule has 96 valence electrons. The van der Waals surface area contributed by atoms with Gasteiger partial charge >= 0.3 is 0 Å². The Hall–Kier alpha value is -1.06. The van der Waals surface area contributed by atoms with E-state index in [2.05, 4.69) is 26.5 Å². The van der Waals surface area contributed by atoms with Crippen molar-refractivity contribution in [1.29, 1.82) is 0 Å². The predicted octanol–water partition coefficient (Wildman–Crippen LogP) is -1.48. The van der Waals surface area contributed by atoms with E-state index in [0.29, 0.717) is 0 Å². The molecule has 0 fully saturated rings. The molecule has 0 unspecified atom stereocenters. The number of carbonyl (C=O) groups excluding carboxylic acids is 1. The monoisotopic (exact) mass is 256 g/mol. The van der Waals surface area contributed by atoms with Gasteiger partial charge in [-0.05, 0) is 12.1 Å². The van der Waals surface area contributed by atoms with E-state index in [-0.39, 0.29) is 18.3 Å². The third-order valence-corrected chi connectivity index (χ3v) is 2.33. The third-order valence-electron chi connectivity index (χ3n) is 2.33. The van der Waals surface area contributed by atoms with Crippen molar-refractivity contribution >= 4 is 5.91 Å². The van der Waals surface area contributed by atoms with E-state index in [4.69, 9.17) is 0 Å². The molecule has 1 rings (SSSR count). The van der Waals surface area contributed by atoms with E-state index in [1.165, 1.54) is 0 Å². The topological polar surface area (TPSA) is 29.1 Å². The first kappa shape index (κ1) is 15.9. The van der Waals surface area contributed by atoms with Gasteiger partial charge < -0.3 is 22.2 Å². The van der Waals surface area contributed by atoms with Crippen molar-refractivity contribution in [2.75, 3.05) is 34.2 Å². The minimum atomic E-state index is 0. The molecule has 0 aliphatic rings. The summed E-state index contributed by atoms with van der Waals surface area (Å²) in [6.07, 6.45) is 1.00. The van der Waals surface area contributed by atoms with Crippen LogP contribution in [0.25, 0.3) is 0 Å². The normalized spacial score (nSPS) is 10.5. The SMILES string of the molecule is C[N+](C)(C)CCCNC(=O)c1ccccc1.[Cl-]. The summed E-state index contributed by atoms with van der Waals surface area (Å²) in [4.78, 5) is 11.7. The van der Waals surface area contributed by atoms with Crippen LogP contribution < -0.4 is 17.7 Å². The lowest BCUT2D eigenvalue weighted by Crippen LogP contribution is -3.00. The minimum absolute atomic E-state index is 0. The Kier molecular flexibility index (Phi) is 6.85. The van der Waals surface area contributed by atoms with Gasteiger partial charge in [0.1, 0.15) is 0 Å². The molecule has 1 aromatic carbocycles. The predicted molar refractivity (Wildman–Crippen MR) is 66.3 cm³/mol. The summed E-state index contributed by atoms with van der Waals surface area (Å²) in [5.74, 6) is 0.0157. The molecule has 0 aromatic heterocycles. The number of nitrogens with zero attached hydrogens (tertiary/aromatic N) is 1. The second-order valence-corrected chi connectivity index (χ2v) is 4.99. The first-order valence-electron chi connectivity index (χ1n) is 5.63. The Balaban J connectivity index is 0.00000256. The summed E-state index contributed by atoms with van der Waals surface area (Å²) in [7, 11) is 6.46. The van der Waals surface area contributed by atoms with Crippen molar-refractivity contribution in [2.45, 2.75) is 6.42 Å². The second-order valence-electron chi connectivity index (χ2n) is 4.99. The van der Waals surface area contributed by atoms with Crippen LogP contribution in [0, 0.1) is 0 Å². The molecule has 0 aliphatic heterocycles. The number of rotatable bonds is 5. The zero-order valence-electron chi connectivity index (χ0n) is 10.7. The lowest BCUT2D eigenvalue weighted by atomic mass is 10.2. The lowest BCUT2D eigenvalue weighted by molar-refractivity contribution is -0.870. The molecule has 1 aromatic rings.